The van der Waals surface area contributed by atoms with Crippen molar-refractivity contribution < 1.29 is 14.3 Å². The average Bonchev–Trinajstić information content (AvgIpc) is 3.10. The van der Waals surface area contributed by atoms with Gasteiger partial charge in [-0.05, 0) is 24.6 Å². The highest BCUT2D eigenvalue weighted by atomic mass is 32.2. The first-order valence-corrected chi connectivity index (χ1v) is 8.72. The van der Waals surface area contributed by atoms with Gasteiger partial charge in [0, 0.05) is 11.3 Å². The van der Waals surface area contributed by atoms with Crippen LogP contribution in [-0.2, 0) is 11.2 Å². The second kappa shape index (κ2) is 7.63. The number of nitrogens with zero attached hydrogens (tertiary/aromatic N) is 1. The minimum atomic E-state index is -0.124. The maximum absolute atomic E-state index is 12.0. The summed E-state index contributed by atoms with van der Waals surface area (Å²) in [7, 11) is 0. The minimum Gasteiger partial charge on any atom is -0.444 e. The molecule has 0 spiro atoms. The first-order chi connectivity index (χ1) is 10.1. The molecule has 0 radical (unpaired) electrons. The Balaban J connectivity index is 1.91. The number of amides is 1. The molecule has 2 atom stereocenters. The van der Waals surface area contributed by atoms with Gasteiger partial charge in [-0.25, -0.2) is 4.98 Å². The van der Waals surface area contributed by atoms with Crippen LogP contribution in [-0.4, -0.2) is 40.2 Å². The molecule has 0 bridgehead atoms. The van der Waals surface area contributed by atoms with Gasteiger partial charge in [0.1, 0.15) is 6.26 Å². The third-order valence-corrected chi connectivity index (χ3v) is 5.08. The maximum Gasteiger partial charge on any atom is 0.236 e. The molecular formula is C14H18N2O3S2. The van der Waals surface area contributed by atoms with Crippen molar-refractivity contribution >= 4 is 29.0 Å². The van der Waals surface area contributed by atoms with Gasteiger partial charge in [0.15, 0.2) is 0 Å². The second-order valence-corrected chi connectivity index (χ2v) is 6.64. The number of thiophene rings is 1. The van der Waals surface area contributed by atoms with E-state index < -0.39 is 0 Å². The predicted octanol–water partition coefficient (Wildman–Crippen LogP) is 2.17. The van der Waals surface area contributed by atoms with Crippen molar-refractivity contribution in [2.75, 3.05) is 12.9 Å². The molecule has 7 heteroatoms. The first kappa shape index (κ1) is 16.1. The molecule has 0 saturated carbocycles. The highest BCUT2D eigenvalue weighted by Crippen LogP contribution is 2.23. The number of rotatable bonds is 7. The number of carbonyl (C=O) groups excluding carboxylic acids is 1. The average molecular weight is 326 g/mol. The lowest BCUT2D eigenvalue weighted by Crippen LogP contribution is -2.41. The summed E-state index contributed by atoms with van der Waals surface area (Å²) in [6, 6.07) is 3.75. The van der Waals surface area contributed by atoms with E-state index in [4.69, 9.17) is 4.42 Å². The SMILES string of the molecule is CSC(CO)C(C)NC(=O)Cc1coc(-c2cccs2)n1. The minimum absolute atomic E-state index is 0.00654. The van der Waals surface area contributed by atoms with Gasteiger partial charge in [-0.3, -0.25) is 4.79 Å². The van der Waals surface area contributed by atoms with Gasteiger partial charge in [0.25, 0.3) is 0 Å². The van der Waals surface area contributed by atoms with Crippen molar-refractivity contribution in [3.8, 4) is 10.8 Å². The summed E-state index contributed by atoms with van der Waals surface area (Å²) >= 11 is 3.07. The van der Waals surface area contributed by atoms with E-state index in [0.29, 0.717) is 11.6 Å². The van der Waals surface area contributed by atoms with Crippen LogP contribution in [0.15, 0.2) is 28.2 Å². The van der Waals surface area contributed by atoms with E-state index in [1.807, 2.05) is 30.7 Å². The highest BCUT2D eigenvalue weighted by molar-refractivity contribution is 7.99. The van der Waals surface area contributed by atoms with E-state index in [1.165, 1.54) is 18.0 Å². The number of aliphatic hydroxyl groups excluding tert-OH is 1. The fraction of sp³-hybridized carbons (Fsp3) is 0.429. The third kappa shape index (κ3) is 4.33. The molecule has 0 aliphatic heterocycles. The molecule has 2 N–H and O–H groups in total. The monoisotopic (exact) mass is 326 g/mol. The Morgan fingerprint density at radius 1 is 1.62 bits per heavy atom. The highest BCUT2D eigenvalue weighted by Gasteiger charge is 2.18. The zero-order valence-corrected chi connectivity index (χ0v) is 13.5. The number of hydrogen-bond donors (Lipinski definition) is 2. The Morgan fingerprint density at radius 3 is 3.05 bits per heavy atom. The Morgan fingerprint density at radius 2 is 2.43 bits per heavy atom. The number of carbonyl (C=O) groups is 1. The van der Waals surface area contributed by atoms with Gasteiger partial charge >= 0.3 is 0 Å². The number of nitrogens with one attached hydrogen (secondary N) is 1. The molecule has 1 amide bonds. The molecule has 2 aromatic rings. The first-order valence-electron chi connectivity index (χ1n) is 6.55. The summed E-state index contributed by atoms with van der Waals surface area (Å²) in [5.74, 6) is 0.416. The van der Waals surface area contributed by atoms with Crippen LogP contribution in [0, 0.1) is 0 Å². The van der Waals surface area contributed by atoms with Crippen LogP contribution in [0.25, 0.3) is 10.8 Å². The van der Waals surface area contributed by atoms with E-state index in [1.54, 1.807) is 11.3 Å². The molecular weight excluding hydrogens is 308 g/mol. The van der Waals surface area contributed by atoms with Crippen molar-refractivity contribution in [1.29, 1.82) is 0 Å². The molecule has 2 heterocycles. The van der Waals surface area contributed by atoms with Crippen LogP contribution < -0.4 is 5.32 Å². The molecule has 0 aliphatic carbocycles. The van der Waals surface area contributed by atoms with Gasteiger partial charge in [-0.15, -0.1) is 11.3 Å². The second-order valence-electron chi connectivity index (χ2n) is 4.61. The van der Waals surface area contributed by atoms with E-state index in [2.05, 4.69) is 10.3 Å². The van der Waals surface area contributed by atoms with Crippen LogP contribution in [0.3, 0.4) is 0 Å². The van der Waals surface area contributed by atoms with E-state index in [-0.39, 0.29) is 30.2 Å². The molecule has 21 heavy (non-hydrogen) atoms. The molecule has 2 rings (SSSR count). The lowest BCUT2D eigenvalue weighted by atomic mass is 10.2. The van der Waals surface area contributed by atoms with Gasteiger partial charge in [0.05, 0.1) is 23.6 Å². The standard InChI is InChI=1S/C14H18N2O3S2/c1-9(12(7-17)20-2)15-13(18)6-10-8-19-14(16-10)11-4-3-5-21-11/h3-5,8-9,12,17H,6-7H2,1-2H3,(H,15,18). The Hall–Kier alpha value is -1.31. The van der Waals surface area contributed by atoms with Crippen molar-refractivity contribution in [1.82, 2.24) is 10.3 Å². The number of aromatic nitrogens is 1. The molecule has 0 aliphatic rings. The zero-order valence-electron chi connectivity index (χ0n) is 11.9. The van der Waals surface area contributed by atoms with Gasteiger partial charge in [0.2, 0.25) is 11.8 Å². The summed E-state index contributed by atoms with van der Waals surface area (Å²) in [5.41, 5.74) is 0.604. The van der Waals surface area contributed by atoms with Crippen molar-refractivity contribution in [2.24, 2.45) is 0 Å². The fourth-order valence-electron chi connectivity index (χ4n) is 1.90. The van der Waals surface area contributed by atoms with Gasteiger partial charge in [-0.1, -0.05) is 6.07 Å². The van der Waals surface area contributed by atoms with E-state index >= 15 is 0 Å². The lowest BCUT2D eigenvalue weighted by Gasteiger charge is -2.20. The smallest absolute Gasteiger partial charge is 0.236 e. The Kier molecular flexibility index (Phi) is 5.84. The Labute approximate surface area is 131 Å². The quantitative estimate of drug-likeness (QED) is 0.815. The summed E-state index contributed by atoms with van der Waals surface area (Å²) in [6.45, 7) is 1.92. The topological polar surface area (TPSA) is 75.4 Å². The summed E-state index contributed by atoms with van der Waals surface area (Å²) < 4.78 is 5.38. The molecule has 2 unspecified atom stereocenters. The molecule has 0 fully saturated rings. The molecule has 0 aromatic carbocycles. The molecule has 0 saturated heterocycles. The molecule has 5 nitrogen and oxygen atoms in total. The largest absolute Gasteiger partial charge is 0.444 e. The summed E-state index contributed by atoms with van der Waals surface area (Å²) in [5, 5.41) is 14.0. The number of aliphatic hydroxyl groups is 1. The zero-order chi connectivity index (χ0) is 15.2. The van der Waals surface area contributed by atoms with Crippen molar-refractivity contribution in [3.05, 3.63) is 29.5 Å². The van der Waals surface area contributed by atoms with Crippen LogP contribution >= 0.6 is 23.1 Å². The van der Waals surface area contributed by atoms with Gasteiger partial charge in [-0.2, -0.15) is 11.8 Å². The predicted molar refractivity (Wildman–Crippen MR) is 85.5 cm³/mol. The summed E-state index contributed by atoms with van der Waals surface area (Å²) in [4.78, 5) is 17.2. The normalized spacial score (nSPS) is 13.9. The van der Waals surface area contributed by atoms with Crippen LogP contribution in [0.1, 0.15) is 12.6 Å². The Bertz CT molecular complexity index is 565. The van der Waals surface area contributed by atoms with E-state index in [9.17, 15) is 9.90 Å². The number of hydrogen-bond acceptors (Lipinski definition) is 6. The van der Waals surface area contributed by atoms with Gasteiger partial charge < -0.3 is 14.8 Å². The number of thioether (sulfide) groups is 1. The fourth-order valence-corrected chi connectivity index (χ4v) is 3.18. The number of oxazole rings is 1. The van der Waals surface area contributed by atoms with Crippen molar-refractivity contribution in [2.45, 2.75) is 24.6 Å². The molecule has 2 aromatic heterocycles. The van der Waals surface area contributed by atoms with Crippen LogP contribution in [0.5, 0.6) is 0 Å². The summed E-state index contributed by atoms with van der Waals surface area (Å²) in [6.07, 6.45) is 3.59. The lowest BCUT2D eigenvalue weighted by molar-refractivity contribution is -0.121. The third-order valence-electron chi connectivity index (χ3n) is 3.05. The van der Waals surface area contributed by atoms with Crippen molar-refractivity contribution in [3.63, 3.8) is 0 Å². The maximum atomic E-state index is 12.0. The molecule has 114 valence electrons. The van der Waals surface area contributed by atoms with E-state index in [0.717, 1.165) is 4.88 Å². The van der Waals surface area contributed by atoms with Crippen LogP contribution in [0.2, 0.25) is 0 Å². The van der Waals surface area contributed by atoms with Crippen LogP contribution in [0.4, 0.5) is 0 Å².